The molecule has 1 aliphatic rings. The van der Waals surface area contributed by atoms with Crippen LogP contribution in [0.3, 0.4) is 0 Å². The summed E-state index contributed by atoms with van der Waals surface area (Å²) in [6, 6.07) is 5.89. The third kappa shape index (κ3) is 5.38. The highest BCUT2D eigenvalue weighted by Crippen LogP contribution is 2.29. The van der Waals surface area contributed by atoms with E-state index >= 15 is 0 Å². The molecule has 3 rings (SSSR count). The number of aryl methyl sites for hydroxylation is 2. The van der Waals surface area contributed by atoms with Crippen molar-refractivity contribution >= 4 is 38.9 Å². The molecular weight excluding hydrogens is 426 g/mol. The van der Waals surface area contributed by atoms with Gasteiger partial charge in [-0.05, 0) is 55.5 Å². The van der Waals surface area contributed by atoms with Crippen molar-refractivity contribution in [1.82, 2.24) is 10.3 Å². The molecule has 0 bridgehead atoms. The second kappa shape index (κ2) is 9.59. The maximum Gasteiger partial charge on any atom is 0.276 e. The number of sulfonamides is 1. The van der Waals surface area contributed by atoms with Gasteiger partial charge in [-0.1, -0.05) is 12.8 Å². The van der Waals surface area contributed by atoms with E-state index in [1.807, 2.05) is 6.07 Å². The van der Waals surface area contributed by atoms with Gasteiger partial charge in [0.15, 0.2) is 0 Å². The van der Waals surface area contributed by atoms with E-state index in [2.05, 4.69) is 15.6 Å². The van der Waals surface area contributed by atoms with Gasteiger partial charge in [0.05, 0.1) is 22.6 Å². The van der Waals surface area contributed by atoms with Gasteiger partial charge in [-0.3, -0.25) is 15.0 Å². The van der Waals surface area contributed by atoms with Crippen LogP contribution in [0.4, 0.5) is 5.69 Å². The van der Waals surface area contributed by atoms with Crippen LogP contribution in [0.1, 0.15) is 52.7 Å². The summed E-state index contributed by atoms with van der Waals surface area (Å²) in [5.41, 5.74) is 3.68. The maximum atomic E-state index is 12.6. The molecule has 10 heteroatoms. The Kier molecular flexibility index (Phi) is 7.11. The number of hydrogen-bond acceptors (Lipinski definition) is 6. The first-order chi connectivity index (χ1) is 14.3. The van der Waals surface area contributed by atoms with E-state index in [9.17, 15) is 18.0 Å². The van der Waals surface area contributed by atoms with Crippen LogP contribution in [0.2, 0.25) is 0 Å². The summed E-state index contributed by atoms with van der Waals surface area (Å²) < 4.78 is 30.4. The van der Waals surface area contributed by atoms with Crippen LogP contribution in [0.25, 0.3) is 0 Å². The minimum atomic E-state index is -4.04. The van der Waals surface area contributed by atoms with E-state index in [0.717, 1.165) is 25.7 Å². The number of carbonyl (C=O) groups excluding carboxylic acids is 2. The topological polar surface area (TPSA) is 114 Å². The van der Waals surface area contributed by atoms with Gasteiger partial charge in [0.1, 0.15) is 5.75 Å². The zero-order chi connectivity index (χ0) is 21.7. The molecule has 8 nitrogen and oxygen atoms in total. The van der Waals surface area contributed by atoms with Gasteiger partial charge >= 0.3 is 0 Å². The van der Waals surface area contributed by atoms with Crippen molar-refractivity contribution in [3.8, 4) is 5.75 Å². The Morgan fingerprint density at radius 3 is 2.50 bits per heavy atom. The third-order valence-electron chi connectivity index (χ3n) is 4.81. The lowest BCUT2D eigenvalue weighted by Gasteiger charge is -2.12. The van der Waals surface area contributed by atoms with Crippen LogP contribution in [0.15, 0.2) is 29.2 Å². The van der Waals surface area contributed by atoms with Crippen LogP contribution in [-0.4, -0.2) is 27.3 Å². The SMILES string of the molecule is COc1ccc(S(=O)(=O)NNC(=O)c2cc3c(s2)CCCCCC3)cc1NC(C)=O. The summed E-state index contributed by atoms with van der Waals surface area (Å²) in [4.78, 5) is 27.6. The lowest BCUT2D eigenvalue weighted by atomic mass is 10.00. The molecule has 30 heavy (non-hydrogen) atoms. The molecule has 1 aliphatic carbocycles. The highest BCUT2D eigenvalue weighted by molar-refractivity contribution is 7.89. The lowest BCUT2D eigenvalue weighted by molar-refractivity contribution is -0.114. The van der Waals surface area contributed by atoms with Gasteiger partial charge in [0.2, 0.25) is 5.91 Å². The minimum Gasteiger partial charge on any atom is -0.495 e. The quantitative estimate of drug-likeness (QED) is 0.584. The van der Waals surface area contributed by atoms with Crippen molar-refractivity contribution in [2.45, 2.75) is 50.3 Å². The van der Waals surface area contributed by atoms with Gasteiger partial charge < -0.3 is 10.1 Å². The third-order valence-corrected chi connectivity index (χ3v) is 7.29. The molecule has 1 aromatic heterocycles. The maximum absolute atomic E-state index is 12.6. The van der Waals surface area contributed by atoms with E-state index in [1.54, 1.807) is 0 Å². The van der Waals surface area contributed by atoms with Gasteiger partial charge in [0.25, 0.3) is 15.9 Å². The minimum absolute atomic E-state index is 0.120. The molecule has 2 aromatic rings. The standard InChI is InChI=1S/C20H25N3O5S2/c1-13(24)21-16-12-15(9-10-17(16)28-2)30(26,27)23-22-20(25)19-11-14-7-5-3-4-6-8-18(14)29-19/h9-12,23H,3-8H2,1-2H3,(H,21,24)(H,22,25). The number of nitrogens with one attached hydrogen (secondary N) is 3. The first-order valence-electron chi connectivity index (χ1n) is 9.69. The highest BCUT2D eigenvalue weighted by atomic mass is 32.2. The van der Waals surface area contributed by atoms with Gasteiger partial charge in [0, 0.05) is 11.8 Å². The highest BCUT2D eigenvalue weighted by Gasteiger charge is 2.20. The van der Waals surface area contributed by atoms with E-state index in [-0.39, 0.29) is 16.5 Å². The Labute approximate surface area is 180 Å². The molecule has 0 saturated heterocycles. The summed E-state index contributed by atoms with van der Waals surface area (Å²) in [6.45, 7) is 1.31. The van der Waals surface area contributed by atoms with Crippen molar-refractivity contribution in [2.24, 2.45) is 0 Å². The molecule has 0 fully saturated rings. The molecule has 162 valence electrons. The van der Waals surface area contributed by atoms with Crippen LogP contribution in [0, 0.1) is 0 Å². The second-order valence-electron chi connectivity index (χ2n) is 7.08. The summed E-state index contributed by atoms with van der Waals surface area (Å²) >= 11 is 1.42. The molecule has 0 saturated carbocycles. The molecule has 0 radical (unpaired) electrons. The van der Waals surface area contributed by atoms with Crippen molar-refractivity contribution in [2.75, 3.05) is 12.4 Å². The van der Waals surface area contributed by atoms with E-state index in [0.29, 0.717) is 10.6 Å². The normalized spacial score (nSPS) is 14.2. The number of ether oxygens (including phenoxy) is 1. The molecule has 1 heterocycles. The number of rotatable bonds is 6. The predicted molar refractivity (Wildman–Crippen MR) is 115 cm³/mol. The van der Waals surface area contributed by atoms with E-state index in [1.165, 1.54) is 66.9 Å². The molecule has 0 unspecified atom stereocenters. The first kappa shape index (κ1) is 22.3. The number of carbonyl (C=O) groups is 2. The Balaban J connectivity index is 1.72. The van der Waals surface area contributed by atoms with Crippen molar-refractivity contribution in [3.05, 3.63) is 39.6 Å². The zero-order valence-electron chi connectivity index (χ0n) is 16.9. The Bertz CT molecular complexity index is 1020. The molecule has 0 spiro atoms. The predicted octanol–water partition coefficient (Wildman–Crippen LogP) is 3.00. The zero-order valence-corrected chi connectivity index (χ0v) is 18.5. The van der Waals surface area contributed by atoms with Crippen molar-refractivity contribution in [3.63, 3.8) is 0 Å². The number of benzene rings is 1. The second-order valence-corrected chi connectivity index (χ2v) is 9.90. The Morgan fingerprint density at radius 1 is 1.07 bits per heavy atom. The number of amides is 2. The average Bonchev–Trinajstić information content (AvgIpc) is 3.07. The van der Waals surface area contributed by atoms with E-state index < -0.39 is 15.9 Å². The molecule has 0 aliphatic heterocycles. The number of hydrazine groups is 1. The summed E-state index contributed by atoms with van der Waals surface area (Å²) in [5.74, 6) is -0.535. The number of methoxy groups -OCH3 is 1. The fourth-order valence-electron chi connectivity index (χ4n) is 3.33. The molecule has 0 atom stereocenters. The molecule has 2 amide bonds. The number of thiophene rings is 1. The fourth-order valence-corrected chi connectivity index (χ4v) is 5.35. The van der Waals surface area contributed by atoms with Crippen LogP contribution >= 0.6 is 11.3 Å². The van der Waals surface area contributed by atoms with Crippen LogP contribution in [0.5, 0.6) is 5.75 Å². The monoisotopic (exact) mass is 451 g/mol. The van der Waals surface area contributed by atoms with Crippen LogP contribution < -0.4 is 20.3 Å². The number of anilines is 1. The van der Waals surface area contributed by atoms with Crippen molar-refractivity contribution < 1.29 is 22.7 Å². The molecule has 1 aromatic carbocycles. The largest absolute Gasteiger partial charge is 0.495 e. The average molecular weight is 452 g/mol. The summed E-state index contributed by atoms with van der Waals surface area (Å²) in [7, 11) is -2.63. The van der Waals surface area contributed by atoms with Gasteiger partial charge in [-0.15, -0.1) is 16.2 Å². The first-order valence-corrected chi connectivity index (χ1v) is 12.0. The molecule has 3 N–H and O–H groups in total. The summed E-state index contributed by atoms with van der Waals surface area (Å²) in [5, 5.41) is 2.52. The van der Waals surface area contributed by atoms with Gasteiger partial charge in [-0.25, -0.2) is 8.42 Å². The van der Waals surface area contributed by atoms with Crippen molar-refractivity contribution in [1.29, 1.82) is 0 Å². The van der Waals surface area contributed by atoms with Gasteiger partial charge in [-0.2, -0.15) is 0 Å². The Hall–Kier alpha value is -2.43. The smallest absolute Gasteiger partial charge is 0.276 e. The lowest BCUT2D eigenvalue weighted by Crippen LogP contribution is -2.41. The molecular formula is C20H25N3O5S2. The Morgan fingerprint density at radius 2 is 1.80 bits per heavy atom. The van der Waals surface area contributed by atoms with E-state index in [4.69, 9.17) is 4.74 Å². The number of fused-ring (bicyclic) bond motifs is 1. The van der Waals surface area contributed by atoms with Crippen LogP contribution in [-0.2, 0) is 27.7 Å². The summed E-state index contributed by atoms with van der Waals surface area (Å²) in [6.07, 6.45) is 6.50. The number of hydrogen-bond donors (Lipinski definition) is 3. The fraction of sp³-hybridized carbons (Fsp3) is 0.400.